The lowest BCUT2D eigenvalue weighted by molar-refractivity contribution is 0.0938. The number of halogens is 1. The van der Waals surface area contributed by atoms with Crippen LogP contribution in [0.4, 0.5) is 4.39 Å². The quantitative estimate of drug-likeness (QED) is 0.888. The molecule has 4 heteroatoms. The fourth-order valence-electron chi connectivity index (χ4n) is 2.07. The molecule has 1 atom stereocenters. The van der Waals surface area contributed by atoms with Crippen molar-refractivity contribution >= 4 is 5.91 Å². The number of rotatable bonds is 5. The first-order valence-electron chi connectivity index (χ1n) is 6.85. The zero-order valence-corrected chi connectivity index (χ0v) is 11.8. The van der Waals surface area contributed by atoms with E-state index in [2.05, 4.69) is 5.32 Å². The molecule has 0 saturated carbocycles. The summed E-state index contributed by atoms with van der Waals surface area (Å²) in [5, 5.41) is 12.6. The maximum absolute atomic E-state index is 13.6. The van der Waals surface area contributed by atoms with Crippen LogP contribution in [0.15, 0.2) is 48.5 Å². The number of hydrogen-bond donors (Lipinski definition) is 2. The van der Waals surface area contributed by atoms with Gasteiger partial charge >= 0.3 is 0 Å². The van der Waals surface area contributed by atoms with E-state index in [9.17, 15) is 14.3 Å². The van der Waals surface area contributed by atoms with Gasteiger partial charge in [0, 0.05) is 6.54 Å². The molecule has 0 aliphatic rings. The molecule has 3 nitrogen and oxygen atoms in total. The summed E-state index contributed by atoms with van der Waals surface area (Å²) in [6.45, 7) is 2.08. The second-order valence-electron chi connectivity index (χ2n) is 4.95. The Morgan fingerprint density at radius 2 is 1.95 bits per heavy atom. The Morgan fingerprint density at radius 1 is 1.24 bits per heavy atom. The summed E-state index contributed by atoms with van der Waals surface area (Å²) in [5.41, 5.74) is 1.66. The molecule has 0 aliphatic carbocycles. The van der Waals surface area contributed by atoms with Crippen LogP contribution in [0, 0.1) is 12.7 Å². The average molecular weight is 287 g/mol. The van der Waals surface area contributed by atoms with E-state index < -0.39 is 17.8 Å². The number of carbonyl (C=O) groups excluding carboxylic acids is 1. The van der Waals surface area contributed by atoms with E-state index in [4.69, 9.17) is 0 Å². The zero-order valence-electron chi connectivity index (χ0n) is 11.8. The highest BCUT2D eigenvalue weighted by Gasteiger charge is 2.12. The Morgan fingerprint density at radius 3 is 2.67 bits per heavy atom. The van der Waals surface area contributed by atoms with Crippen LogP contribution >= 0.6 is 0 Å². The van der Waals surface area contributed by atoms with Gasteiger partial charge in [-0.05, 0) is 31.0 Å². The first-order chi connectivity index (χ1) is 10.1. The molecule has 0 radical (unpaired) electrons. The second kappa shape index (κ2) is 6.99. The summed E-state index contributed by atoms with van der Waals surface area (Å²) in [6, 6.07) is 13.6. The Labute approximate surface area is 123 Å². The first-order valence-corrected chi connectivity index (χ1v) is 6.85. The number of aliphatic hydroxyl groups excluding tert-OH is 1. The standard InChI is InChI=1S/C17H18FNO2/c1-12-7-8-15(18)14(11-12)17(21)19-10-9-16(20)13-5-3-2-4-6-13/h2-8,11,16,20H,9-10H2,1H3,(H,19,21). The van der Waals surface area contributed by atoms with Gasteiger partial charge in [0.15, 0.2) is 0 Å². The molecule has 110 valence electrons. The minimum atomic E-state index is -0.645. The van der Waals surface area contributed by atoms with Gasteiger partial charge in [-0.1, -0.05) is 42.0 Å². The van der Waals surface area contributed by atoms with Crippen molar-refractivity contribution in [3.8, 4) is 0 Å². The van der Waals surface area contributed by atoms with Crippen LogP contribution in [0.5, 0.6) is 0 Å². The molecule has 2 aromatic rings. The molecule has 0 saturated heterocycles. The van der Waals surface area contributed by atoms with Crippen LogP contribution in [0.2, 0.25) is 0 Å². The summed E-state index contributed by atoms with van der Waals surface area (Å²) < 4.78 is 13.6. The van der Waals surface area contributed by atoms with Gasteiger partial charge < -0.3 is 10.4 Å². The molecule has 0 aromatic heterocycles. The summed E-state index contributed by atoms with van der Waals surface area (Å²) in [7, 11) is 0. The van der Waals surface area contributed by atoms with Crippen molar-refractivity contribution in [2.75, 3.05) is 6.54 Å². The maximum atomic E-state index is 13.6. The number of aliphatic hydroxyl groups is 1. The van der Waals surface area contributed by atoms with Gasteiger partial charge in [-0.15, -0.1) is 0 Å². The van der Waals surface area contributed by atoms with E-state index in [1.54, 1.807) is 13.0 Å². The van der Waals surface area contributed by atoms with Gasteiger partial charge in [-0.25, -0.2) is 4.39 Å². The van der Waals surface area contributed by atoms with Crippen LogP contribution in [-0.2, 0) is 0 Å². The lowest BCUT2D eigenvalue weighted by Crippen LogP contribution is -2.26. The molecule has 0 aliphatic heterocycles. The van der Waals surface area contributed by atoms with E-state index in [-0.39, 0.29) is 12.1 Å². The van der Waals surface area contributed by atoms with E-state index in [0.29, 0.717) is 6.42 Å². The SMILES string of the molecule is Cc1ccc(F)c(C(=O)NCCC(O)c2ccccc2)c1. The van der Waals surface area contributed by atoms with Gasteiger partial charge in [-0.3, -0.25) is 4.79 Å². The molecule has 1 amide bonds. The Hall–Kier alpha value is -2.20. The number of hydrogen-bond acceptors (Lipinski definition) is 2. The van der Waals surface area contributed by atoms with Crippen molar-refractivity contribution in [3.63, 3.8) is 0 Å². The number of amides is 1. The van der Waals surface area contributed by atoms with E-state index in [0.717, 1.165) is 11.1 Å². The average Bonchev–Trinajstić information content (AvgIpc) is 2.50. The monoisotopic (exact) mass is 287 g/mol. The second-order valence-corrected chi connectivity index (χ2v) is 4.95. The number of benzene rings is 2. The lowest BCUT2D eigenvalue weighted by Gasteiger charge is -2.12. The molecule has 0 spiro atoms. The number of aryl methyl sites for hydroxylation is 1. The fraction of sp³-hybridized carbons (Fsp3) is 0.235. The van der Waals surface area contributed by atoms with Crippen molar-refractivity contribution in [1.29, 1.82) is 0 Å². The topological polar surface area (TPSA) is 49.3 Å². The molecular weight excluding hydrogens is 269 g/mol. The first kappa shape index (κ1) is 15.2. The molecule has 0 fully saturated rings. The Bertz CT molecular complexity index is 613. The van der Waals surface area contributed by atoms with Gasteiger partial charge in [0.05, 0.1) is 11.7 Å². The molecule has 21 heavy (non-hydrogen) atoms. The van der Waals surface area contributed by atoms with Crippen LogP contribution in [0.3, 0.4) is 0 Å². The van der Waals surface area contributed by atoms with Gasteiger partial charge in [0.2, 0.25) is 0 Å². The van der Waals surface area contributed by atoms with Gasteiger partial charge in [-0.2, -0.15) is 0 Å². The van der Waals surface area contributed by atoms with Crippen molar-refractivity contribution in [2.24, 2.45) is 0 Å². The van der Waals surface area contributed by atoms with Crippen LogP contribution in [0.1, 0.15) is 34.0 Å². The Balaban J connectivity index is 1.88. The summed E-state index contributed by atoms with van der Waals surface area (Å²) in [6.07, 6.45) is -0.266. The summed E-state index contributed by atoms with van der Waals surface area (Å²) in [4.78, 5) is 11.9. The van der Waals surface area contributed by atoms with E-state index in [1.165, 1.54) is 12.1 Å². The molecular formula is C17H18FNO2. The third-order valence-corrected chi connectivity index (χ3v) is 3.25. The van der Waals surface area contributed by atoms with Gasteiger partial charge in [0.25, 0.3) is 5.91 Å². The van der Waals surface area contributed by atoms with Crippen LogP contribution in [-0.4, -0.2) is 17.6 Å². The smallest absolute Gasteiger partial charge is 0.254 e. The third kappa shape index (κ3) is 4.13. The normalized spacial score (nSPS) is 12.0. The highest BCUT2D eigenvalue weighted by molar-refractivity contribution is 5.94. The zero-order chi connectivity index (χ0) is 15.2. The molecule has 1 unspecified atom stereocenters. The summed E-state index contributed by atoms with van der Waals surface area (Å²) >= 11 is 0. The molecule has 2 N–H and O–H groups in total. The minimum Gasteiger partial charge on any atom is -0.388 e. The predicted molar refractivity (Wildman–Crippen MR) is 79.5 cm³/mol. The van der Waals surface area contributed by atoms with Crippen LogP contribution < -0.4 is 5.32 Å². The van der Waals surface area contributed by atoms with Crippen LogP contribution in [0.25, 0.3) is 0 Å². The van der Waals surface area contributed by atoms with Gasteiger partial charge in [0.1, 0.15) is 5.82 Å². The maximum Gasteiger partial charge on any atom is 0.254 e. The number of nitrogens with one attached hydrogen (secondary N) is 1. The molecule has 2 rings (SSSR count). The Kier molecular flexibility index (Phi) is 5.06. The lowest BCUT2D eigenvalue weighted by atomic mass is 10.1. The molecule has 0 bridgehead atoms. The van der Waals surface area contributed by atoms with Crippen molar-refractivity contribution < 1.29 is 14.3 Å². The highest BCUT2D eigenvalue weighted by atomic mass is 19.1. The summed E-state index contributed by atoms with van der Waals surface area (Å²) in [5.74, 6) is -1.00. The highest BCUT2D eigenvalue weighted by Crippen LogP contribution is 2.15. The molecule has 0 heterocycles. The van der Waals surface area contributed by atoms with Crippen molar-refractivity contribution in [3.05, 3.63) is 71.0 Å². The minimum absolute atomic E-state index is 0.0317. The van der Waals surface area contributed by atoms with Crippen molar-refractivity contribution in [1.82, 2.24) is 5.32 Å². The predicted octanol–water partition coefficient (Wildman–Crippen LogP) is 2.99. The van der Waals surface area contributed by atoms with Crippen molar-refractivity contribution in [2.45, 2.75) is 19.4 Å². The number of carbonyl (C=O) groups is 1. The van der Waals surface area contributed by atoms with E-state index >= 15 is 0 Å². The third-order valence-electron chi connectivity index (χ3n) is 3.25. The van der Waals surface area contributed by atoms with E-state index in [1.807, 2.05) is 30.3 Å². The molecule has 2 aromatic carbocycles. The fourth-order valence-corrected chi connectivity index (χ4v) is 2.07. The largest absolute Gasteiger partial charge is 0.388 e.